The second-order valence-electron chi connectivity index (χ2n) is 6.26. The van der Waals surface area contributed by atoms with E-state index in [9.17, 15) is 4.79 Å². The first-order chi connectivity index (χ1) is 9.84. The number of hydrogen-bond acceptors (Lipinski definition) is 4. The third-order valence-corrected chi connectivity index (χ3v) is 5.04. The number of hydrogen-bond donors (Lipinski definition) is 1. The van der Waals surface area contributed by atoms with Gasteiger partial charge in [-0.3, -0.25) is 9.69 Å². The Hall–Kier alpha value is -0.650. The maximum atomic E-state index is 12.4. The van der Waals surface area contributed by atoms with E-state index in [0.29, 0.717) is 31.7 Å². The van der Waals surface area contributed by atoms with Gasteiger partial charge in [0, 0.05) is 19.1 Å². The Morgan fingerprint density at radius 1 is 1.10 bits per heavy atom. The predicted octanol–water partition coefficient (Wildman–Crippen LogP) is 0.309. The lowest BCUT2D eigenvalue weighted by Gasteiger charge is -2.35. The number of rotatable bonds is 3. The minimum atomic E-state index is 0.300. The van der Waals surface area contributed by atoms with Gasteiger partial charge in [-0.15, -0.1) is 0 Å². The smallest absolute Gasteiger partial charge is 0.236 e. The van der Waals surface area contributed by atoms with Crippen molar-refractivity contribution in [2.45, 2.75) is 31.7 Å². The quantitative estimate of drug-likeness (QED) is 0.809. The number of nitrogens with zero attached hydrogens (tertiary/aromatic N) is 2. The number of piperidine rings is 1. The summed E-state index contributed by atoms with van der Waals surface area (Å²) in [5, 5.41) is 3.44. The molecule has 0 aromatic carbocycles. The van der Waals surface area contributed by atoms with Gasteiger partial charge in [0.1, 0.15) is 0 Å². The monoisotopic (exact) mass is 281 g/mol. The molecule has 1 N–H and O–H groups in total. The summed E-state index contributed by atoms with van der Waals surface area (Å²) in [6, 6.07) is 0.641. The zero-order chi connectivity index (χ0) is 13.8. The Balaban J connectivity index is 1.53. The van der Waals surface area contributed by atoms with E-state index in [-0.39, 0.29) is 0 Å². The van der Waals surface area contributed by atoms with Crippen LogP contribution in [-0.2, 0) is 9.53 Å². The van der Waals surface area contributed by atoms with Crippen LogP contribution in [0.15, 0.2) is 0 Å². The molecule has 5 heteroatoms. The third kappa shape index (κ3) is 3.32. The molecule has 5 nitrogen and oxygen atoms in total. The number of amides is 1. The Morgan fingerprint density at radius 2 is 1.85 bits per heavy atom. The highest BCUT2D eigenvalue weighted by atomic mass is 16.5. The van der Waals surface area contributed by atoms with Gasteiger partial charge in [-0.1, -0.05) is 0 Å². The molecule has 0 bridgehead atoms. The van der Waals surface area contributed by atoms with Crippen molar-refractivity contribution in [3.8, 4) is 0 Å². The van der Waals surface area contributed by atoms with Crippen LogP contribution in [-0.4, -0.2) is 74.2 Å². The average molecular weight is 281 g/mol. The van der Waals surface area contributed by atoms with Crippen LogP contribution in [0, 0.1) is 5.92 Å². The van der Waals surface area contributed by atoms with Gasteiger partial charge in [-0.2, -0.15) is 0 Å². The maximum Gasteiger partial charge on any atom is 0.236 e. The molecule has 0 spiro atoms. The molecule has 1 unspecified atom stereocenters. The third-order valence-electron chi connectivity index (χ3n) is 5.04. The molecule has 0 aliphatic carbocycles. The van der Waals surface area contributed by atoms with Gasteiger partial charge in [-0.25, -0.2) is 0 Å². The van der Waals surface area contributed by atoms with Crippen molar-refractivity contribution in [2.75, 3.05) is 52.5 Å². The maximum absolute atomic E-state index is 12.4. The molecule has 1 atom stereocenters. The highest BCUT2D eigenvalue weighted by Gasteiger charge is 2.34. The predicted molar refractivity (Wildman–Crippen MR) is 77.6 cm³/mol. The minimum absolute atomic E-state index is 0.300. The number of ether oxygens (including phenoxy) is 1. The number of carbonyl (C=O) groups is 1. The molecule has 20 heavy (non-hydrogen) atoms. The van der Waals surface area contributed by atoms with Crippen molar-refractivity contribution in [2.24, 2.45) is 5.92 Å². The Kier molecular flexibility index (Phi) is 4.91. The van der Waals surface area contributed by atoms with Crippen LogP contribution in [0.4, 0.5) is 0 Å². The second-order valence-corrected chi connectivity index (χ2v) is 6.26. The highest BCUT2D eigenvalue weighted by molar-refractivity contribution is 5.78. The number of nitrogens with one attached hydrogen (secondary N) is 1. The van der Waals surface area contributed by atoms with E-state index < -0.39 is 0 Å². The average Bonchev–Trinajstić information content (AvgIpc) is 2.97. The summed E-state index contributed by atoms with van der Waals surface area (Å²) in [4.78, 5) is 16.8. The fourth-order valence-electron chi connectivity index (χ4n) is 3.90. The summed E-state index contributed by atoms with van der Waals surface area (Å²) in [7, 11) is 0. The first-order valence-corrected chi connectivity index (χ1v) is 8.15. The van der Waals surface area contributed by atoms with Crippen molar-refractivity contribution in [3.63, 3.8) is 0 Å². The van der Waals surface area contributed by atoms with E-state index in [4.69, 9.17) is 4.74 Å². The summed E-state index contributed by atoms with van der Waals surface area (Å²) in [5.74, 6) is 1.09. The van der Waals surface area contributed by atoms with E-state index in [0.717, 1.165) is 38.6 Å². The van der Waals surface area contributed by atoms with Crippen LogP contribution in [0.3, 0.4) is 0 Å². The lowest BCUT2D eigenvalue weighted by atomic mass is 9.89. The molecule has 0 aromatic rings. The standard InChI is InChI=1S/C15H27N3O2/c19-15(17-8-10-20-11-9-17)12-18-7-1-2-14(18)13-3-5-16-6-4-13/h13-14,16H,1-12H2. The van der Waals surface area contributed by atoms with Gasteiger partial charge in [0.15, 0.2) is 0 Å². The van der Waals surface area contributed by atoms with Gasteiger partial charge >= 0.3 is 0 Å². The van der Waals surface area contributed by atoms with Crippen molar-refractivity contribution in [3.05, 3.63) is 0 Å². The Bertz CT molecular complexity index is 325. The first kappa shape index (κ1) is 14.3. The summed E-state index contributed by atoms with van der Waals surface area (Å²) in [6.45, 7) is 6.94. The molecule has 114 valence electrons. The summed E-state index contributed by atoms with van der Waals surface area (Å²) in [6.07, 6.45) is 5.08. The molecule has 3 heterocycles. The van der Waals surface area contributed by atoms with Crippen LogP contribution in [0.1, 0.15) is 25.7 Å². The highest BCUT2D eigenvalue weighted by Crippen LogP contribution is 2.29. The first-order valence-electron chi connectivity index (χ1n) is 8.15. The Morgan fingerprint density at radius 3 is 2.60 bits per heavy atom. The van der Waals surface area contributed by atoms with Crippen LogP contribution >= 0.6 is 0 Å². The van der Waals surface area contributed by atoms with Crippen LogP contribution < -0.4 is 5.32 Å². The molecule has 3 saturated heterocycles. The zero-order valence-electron chi connectivity index (χ0n) is 12.4. The molecular formula is C15H27N3O2. The summed E-state index contributed by atoms with van der Waals surface area (Å²) in [5.41, 5.74) is 0. The van der Waals surface area contributed by atoms with Gasteiger partial charge < -0.3 is 15.0 Å². The largest absolute Gasteiger partial charge is 0.378 e. The normalized spacial score (nSPS) is 29.8. The molecule has 0 aromatic heterocycles. The lowest BCUT2D eigenvalue weighted by molar-refractivity contribution is -0.137. The molecule has 3 aliphatic heterocycles. The number of likely N-dealkylation sites (tertiary alicyclic amines) is 1. The summed E-state index contributed by atoms with van der Waals surface area (Å²) < 4.78 is 5.32. The van der Waals surface area contributed by atoms with Crippen LogP contribution in [0.2, 0.25) is 0 Å². The molecule has 0 radical (unpaired) electrons. The van der Waals surface area contributed by atoms with E-state index in [1.807, 2.05) is 4.90 Å². The molecule has 1 amide bonds. The van der Waals surface area contributed by atoms with Gasteiger partial charge in [0.05, 0.1) is 19.8 Å². The van der Waals surface area contributed by atoms with Crippen molar-refractivity contribution in [1.82, 2.24) is 15.1 Å². The topological polar surface area (TPSA) is 44.8 Å². The lowest BCUT2D eigenvalue weighted by Crippen LogP contribution is -2.48. The van der Waals surface area contributed by atoms with Gasteiger partial charge in [0.2, 0.25) is 5.91 Å². The molecule has 0 saturated carbocycles. The van der Waals surface area contributed by atoms with Gasteiger partial charge in [-0.05, 0) is 51.2 Å². The van der Waals surface area contributed by atoms with E-state index in [2.05, 4.69) is 10.2 Å². The number of morpholine rings is 1. The minimum Gasteiger partial charge on any atom is -0.378 e. The Labute approximate surface area is 121 Å². The summed E-state index contributed by atoms with van der Waals surface area (Å²) >= 11 is 0. The SMILES string of the molecule is O=C(CN1CCCC1C1CCNCC1)N1CCOCC1. The zero-order valence-corrected chi connectivity index (χ0v) is 12.4. The fourth-order valence-corrected chi connectivity index (χ4v) is 3.90. The van der Waals surface area contributed by atoms with Crippen LogP contribution in [0.25, 0.3) is 0 Å². The fraction of sp³-hybridized carbons (Fsp3) is 0.933. The number of carbonyl (C=O) groups excluding carboxylic acids is 1. The van der Waals surface area contributed by atoms with Crippen LogP contribution in [0.5, 0.6) is 0 Å². The van der Waals surface area contributed by atoms with Crippen molar-refractivity contribution < 1.29 is 9.53 Å². The van der Waals surface area contributed by atoms with Gasteiger partial charge in [0.25, 0.3) is 0 Å². The molecular weight excluding hydrogens is 254 g/mol. The second kappa shape index (κ2) is 6.87. The van der Waals surface area contributed by atoms with Crippen molar-refractivity contribution in [1.29, 1.82) is 0 Å². The van der Waals surface area contributed by atoms with E-state index >= 15 is 0 Å². The molecule has 3 fully saturated rings. The molecule has 3 aliphatic rings. The molecule has 3 rings (SSSR count). The van der Waals surface area contributed by atoms with Crippen molar-refractivity contribution >= 4 is 5.91 Å². The van der Waals surface area contributed by atoms with E-state index in [1.54, 1.807) is 0 Å². The van der Waals surface area contributed by atoms with E-state index in [1.165, 1.54) is 25.7 Å².